The number of halogens is 8. The van der Waals surface area contributed by atoms with Crippen molar-refractivity contribution in [3.8, 4) is 5.75 Å². The number of aliphatic hydroxyl groups excluding tert-OH is 1. The van der Waals surface area contributed by atoms with Crippen molar-refractivity contribution in [3.63, 3.8) is 0 Å². The second kappa shape index (κ2) is 12.2. The Hall–Kier alpha value is -2.32. The van der Waals surface area contributed by atoms with Crippen LogP contribution in [-0.4, -0.2) is 77.7 Å². The Labute approximate surface area is 188 Å². The number of carboxylic acids is 1. The van der Waals surface area contributed by atoms with Gasteiger partial charge in [-0.2, -0.15) is 26.3 Å². The number of aliphatic hydroxyl groups is 1. The molecule has 1 saturated heterocycles. The Morgan fingerprint density at radius 2 is 1.82 bits per heavy atom. The third kappa shape index (κ3) is 10.9. The zero-order chi connectivity index (χ0) is 25.4. The lowest BCUT2D eigenvalue weighted by atomic mass is 10.1. The molecular formula is C18H20ClF7N2O5. The van der Waals surface area contributed by atoms with Crippen LogP contribution in [0, 0.1) is 5.82 Å². The highest BCUT2D eigenvalue weighted by atomic mass is 35.5. The van der Waals surface area contributed by atoms with E-state index in [1.165, 1.54) is 12.1 Å². The average Bonchev–Trinajstić information content (AvgIpc) is 2.68. The first kappa shape index (κ1) is 28.7. The van der Waals surface area contributed by atoms with E-state index in [0.717, 1.165) is 6.07 Å². The standard InChI is InChI=1S/C16H19ClF4N2O3.C2HF3O2/c17-13-4-3-12(6-14(13)18)26-9-11(24)8-23-5-1-2-10(7-23)22-15(25)16(19,20)21;3-2(4,5)1(6)7/h3-4,6,10-11,24H,1-2,5,7-9H2,(H,22,25);(H,6,7)/t10-,11?;/m0./s1. The van der Waals surface area contributed by atoms with Crippen molar-refractivity contribution < 1.29 is 55.3 Å². The minimum atomic E-state index is -5.08. The van der Waals surface area contributed by atoms with Crippen molar-refractivity contribution >= 4 is 23.5 Å². The summed E-state index contributed by atoms with van der Waals surface area (Å²) in [6, 6.07) is 3.26. The van der Waals surface area contributed by atoms with Crippen LogP contribution in [0.3, 0.4) is 0 Å². The minimum Gasteiger partial charge on any atom is -0.491 e. The highest BCUT2D eigenvalue weighted by Gasteiger charge is 2.40. The molecule has 0 radical (unpaired) electrons. The normalized spacial score (nSPS) is 18.0. The molecule has 1 aromatic rings. The molecule has 3 N–H and O–H groups in total. The highest BCUT2D eigenvalue weighted by molar-refractivity contribution is 6.30. The molecule has 1 amide bonds. The van der Waals surface area contributed by atoms with Gasteiger partial charge in [-0.25, -0.2) is 9.18 Å². The van der Waals surface area contributed by atoms with Gasteiger partial charge in [0, 0.05) is 25.2 Å². The van der Waals surface area contributed by atoms with Crippen LogP contribution in [0.15, 0.2) is 18.2 Å². The second-order valence-corrected chi connectivity index (χ2v) is 7.32. The quantitative estimate of drug-likeness (QED) is 0.507. The summed E-state index contributed by atoms with van der Waals surface area (Å²) in [5.41, 5.74) is 0. The molecule has 0 spiro atoms. The van der Waals surface area contributed by atoms with E-state index in [9.17, 15) is 40.6 Å². The topological polar surface area (TPSA) is 99.1 Å². The number of piperidine rings is 1. The van der Waals surface area contributed by atoms with Crippen molar-refractivity contribution in [2.45, 2.75) is 37.3 Å². The summed E-state index contributed by atoms with van der Waals surface area (Å²) in [5.74, 6) is -5.15. The van der Waals surface area contributed by atoms with Crippen LogP contribution in [0.5, 0.6) is 5.75 Å². The van der Waals surface area contributed by atoms with E-state index < -0.39 is 42.2 Å². The third-order valence-electron chi connectivity index (χ3n) is 4.14. The lowest BCUT2D eigenvalue weighted by molar-refractivity contribution is -0.192. The molecule has 0 saturated carbocycles. The Morgan fingerprint density at radius 1 is 1.21 bits per heavy atom. The molecule has 1 aliphatic rings. The van der Waals surface area contributed by atoms with E-state index >= 15 is 0 Å². The van der Waals surface area contributed by atoms with Gasteiger partial charge in [0.25, 0.3) is 0 Å². The maximum absolute atomic E-state index is 13.3. The molecule has 0 aromatic heterocycles. The molecule has 1 aliphatic heterocycles. The molecule has 2 atom stereocenters. The lowest BCUT2D eigenvalue weighted by Gasteiger charge is -2.34. The number of likely N-dealkylation sites (tertiary alicyclic amines) is 1. The molecule has 1 unspecified atom stereocenters. The summed E-state index contributed by atoms with van der Waals surface area (Å²) < 4.78 is 87.3. The summed E-state index contributed by atoms with van der Waals surface area (Å²) in [6.45, 7) is 0.838. The van der Waals surface area contributed by atoms with E-state index in [2.05, 4.69) is 0 Å². The molecule has 15 heteroatoms. The summed E-state index contributed by atoms with van der Waals surface area (Å²) in [7, 11) is 0. The average molecular weight is 513 g/mol. The summed E-state index contributed by atoms with van der Waals surface area (Å²) in [4.78, 5) is 21.7. The Morgan fingerprint density at radius 3 is 2.33 bits per heavy atom. The molecule has 1 fully saturated rings. The highest BCUT2D eigenvalue weighted by Crippen LogP contribution is 2.21. The van der Waals surface area contributed by atoms with Crippen molar-refractivity contribution in [1.82, 2.24) is 10.2 Å². The molecule has 33 heavy (non-hydrogen) atoms. The van der Waals surface area contributed by atoms with Gasteiger partial charge in [0.15, 0.2) is 0 Å². The maximum atomic E-state index is 13.3. The van der Waals surface area contributed by atoms with E-state index in [0.29, 0.717) is 19.4 Å². The second-order valence-electron chi connectivity index (χ2n) is 6.91. The number of carboxylic acid groups (broad SMARTS) is 1. The van der Waals surface area contributed by atoms with Crippen LogP contribution < -0.4 is 10.1 Å². The van der Waals surface area contributed by atoms with Gasteiger partial charge < -0.3 is 20.3 Å². The van der Waals surface area contributed by atoms with Crippen LogP contribution in [0.2, 0.25) is 5.02 Å². The fourth-order valence-electron chi connectivity index (χ4n) is 2.72. The number of hydrogen-bond donors (Lipinski definition) is 3. The molecule has 2 rings (SSSR count). The number of hydrogen-bond acceptors (Lipinski definition) is 5. The molecule has 7 nitrogen and oxygen atoms in total. The zero-order valence-electron chi connectivity index (χ0n) is 16.7. The van der Waals surface area contributed by atoms with Crippen molar-refractivity contribution in [1.29, 1.82) is 0 Å². The first-order valence-corrected chi connectivity index (χ1v) is 9.63. The number of aliphatic carboxylic acids is 1. The lowest BCUT2D eigenvalue weighted by Crippen LogP contribution is -2.52. The number of benzene rings is 1. The van der Waals surface area contributed by atoms with Gasteiger partial charge in [-0.1, -0.05) is 11.6 Å². The SMILES string of the molecule is O=C(N[C@H]1CCCN(CC(O)COc2ccc(Cl)c(F)c2)C1)C(F)(F)F.O=C(O)C(F)(F)F. The van der Waals surface area contributed by atoms with E-state index in [1.54, 1.807) is 4.90 Å². The van der Waals surface area contributed by atoms with E-state index in [4.69, 9.17) is 26.2 Å². The van der Waals surface area contributed by atoms with Gasteiger partial charge in [-0.15, -0.1) is 0 Å². The first-order chi connectivity index (χ1) is 15.1. The van der Waals surface area contributed by atoms with Crippen LogP contribution in [-0.2, 0) is 9.59 Å². The van der Waals surface area contributed by atoms with Gasteiger partial charge >= 0.3 is 24.2 Å². The van der Waals surface area contributed by atoms with Crippen molar-refractivity contribution in [3.05, 3.63) is 29.0 Å². The summed E-state index contributed by atoms with van der Waals surface area (Å²) >= 11 is 5.56. The van der Waals surface area contributed by atoms with Gasteiger partial charge in [0.2, 0.25) is 0 Å². The van der Waals surface area contributed by atoms with Crippen molar-refractivity contribution in [2.24, 2.45) is 0 Å². The van der Waals surface area contributed by atoms with Gasteiger partial charge in [-0.3, -0.25) is 9.69 Å². The number of carbonyl (C=O) groups excluding carboxylic acids is 1. The van der Waals surface area contributed by atoms with Crippen LogP contribution >= 0.6 is 11.6 Å². The zero-order valence-corrected chi connectivity index (χ0v) is 17.5. The fraction of sp³-hybridized carbons (Fsp3) is 0.556. The number of nitrogens with one attached hydrogen (secondary N) is 1. The predicted molar refractivity (Wildman–Crippen MR) is 100 cm³/mol. The maximum Gasteiger partial charge on any atom is 0.490 e. The van der Waals surface area contributed by atoms with Crippen LogP contribution in [0.4, 0.5) is 30.7 Å². The van der Waals surface area contributed by atoms with Gasteiger partial charge in [0.1, 0.15) is 24.3 Å². The van der Waals surface area contributed by atoms with Crippen molar-refractivity contribution in [2.75, 3.05) is 26.2 Å². The molecule has 1 heterocycles. The molecule has 188 valence electrons. The molecular weight excluding hydrogens is 493 g/mol. The van der Waals surface area contributed by atoms with Crippen LogP contribution in [0.1, 0.15) is 12.8 Å². The Balaban J connectivity index is 0.000000675. The third-order valence-corrected chi connectivity index (χ3v) is 4.45. The molecule has 1 aromatic carbocycles. The number of nitrogens with zero attached hydrogens (tertiary/aromatic N) is 1. The monoisotopic (exact) mass is 512 g/mol. The predicted octanol–water partition coefficient (Wildman–Crippen LogP) is 3.00. The fourth-order valence-corrected chi connectivity index (χ4v) is 2.83. The number of alkyl halides is 6. The Bertz CT molecular complexity index is 807. The number of rotatable bonds is 6. The van der Waals surface area contributed by atoms with Crippen LogP contribution in [0.25, 0.3) is 0 Å². The van der Waals surface area contributed by atoms with Gasteiger partial charge in [-0.05, 0) is 31.5 Å². The number of ether oxygens (including phenoxy) is 1. The van der Waals surface area contributed by atoms with E-state index in [1.807, 2.05) is 5.32 Å². The number of carbonyl (C=O) groups is 2. The molecule has 0 bridgehead atoms. The summed E-state index contributed by atoms with van der Waals surface area (Å²) in [6.07, 6.45) is -9.89. The molecule has 0 aliphatic carbocycles. The Kier molecular flexibility index (Phi) is 10.6. The first-order valence-electron chi connectivity index (χ1n) is 9.25. The summed E-state index contributed by atoms with van der Waals surface area (Å²) in [5, 5.41) is 19.1. The van der Waals surface area contributed by atoms with E-state index in [-0.39, 0.29) is 30.5 Å². The number of amides is 1. The van der Waals surface area contributed by atoms with Gasteiger partial charge in [0.05, 0.1) is 5.02 Å². The minimum absolute atomic E-state index is 0.0434. The largest absolute Gasteiger partial charge is 0.491 e. The smallest absolute Gasteiger partial charge is 0.490 e. The number of β-amino-alcohol motifs (C(OH)–C–C–N with tert-alkyl or cyclic N) is 1.